The minimum atomic E-state index is -0.260. The lowest BCUT2D eigenvalue weighted by molar-refractivity contribution is -0.123. The molecule has 2 aliphatic carbocycles. The maximum atomic E-state index is 13.0. The fourth-order valence-corrected chi connectivity index (χ4v) is 5.05. The van der Waals surface area contributed by atoms with Crippen molar-refractivity contribution >= 4 is 40.7 Å². The van der Waals surface area contributed by atoms with Crippen molar-refractivity contribution in [2.24, 2.45) is 23.7 Å². The van der Waals surface area contributed by atoms with Crippen molar-refractivity contribution in [2.75, 3.05) is 10.2 Å². The second-order valence-corrected chi connectivity index (χ2v) is 8.29. The molecule has 2 bridgehead atoms. The first kappa shape index (κ1) is 18.1. The number of benzene rings is 2. The van der Waals surface area contributed by atoms with Gasteiger partial charge in [0.25, 0.3) is 0 Å². The minimum Gasteiger partial charge on any atom is -0.324 e. The number of rotatable bonds is 4. The smallest absolute Gasteiger partial charge is 0.238 e. The molecule has 2 fully saturated rings. The van der Waals surface area contributed by atoms with Crippen molar-refractivity contribution in [3.8, 4) is 0 Å². The summed E-state index contributed by atoms with van der Waals surface area (Å²) in [5.41, 5.74) is 1.73. The quantitative estimate of drug-likeness (QED) is 0.619. The van der Waals surface area contributed by atoms with E-state index in [1.54, 1.807) is 18.2 Å². The third kappa shape index (κ3) is 2.97. The first-order valence-corrected chi connectivity index (χ1v) is 10.1. The molecule has 1 heterocycles. The maximum Gasteiger partial charge on any atom is 0.238 e. The third-order valence-corrected chi connectivity index (χ3v) is 6.49. The monoisotopic (exact) mass is 406 g/mol. The largest absolute Gasteiger partial charge is 0.324 e. The zero-order valence-corrected chi connectivity index (χ0v) is 16.3. The molecular weight excluding hydrogens is 388 g/mol. The van der Waals surface area contributed by atoms with Gasteiger partial charge in [0.05, 0.1) is 34.7 Å². The number of halogens is 1. The number of hydrogen-bond acceptors (Lipinski definition) is 3. The van der Waals surface area contributed by atoms with Gasteiger partial charge in [-0.05, 0) is 42.0 Å². The van der Waals surface area contributed by atoms with Crippen LogP contribution < -0.4 is 10.2 Å². The first-order valence-electron chi connectivity index (χ1n) is 9.72. The summed E-state index contributed by atoms with van der Waals surface area (Å²) < 4.78 is 0. The molecule has 0 radical (unpaired) electrons. The summed E-state index contributed by atoms with van der Waals surface area (Å²) in [5.74, 6) is -0.726. The van der Waals surface area contributed by atoms with Crippen LogP contribution in [0.3, 0.4) is 0 Å². The van der Waals surface area contributed by atoms with Gasteiger partial charge in [-0.15, -0.1) is 0 Å². The zero-order valence-electron chi connectivity index (χ0n) is 15.5. The number of allylic oxidation sites excluding steroid dienone is 2. The van der Waals surface area contributed by atoms with Gasteiger partial charge in [-0.2, -0.15) is 0 Å². The van der Waals surface area contributed by atoms with Gasteiger partial charge in [0.2, 0.25) is 17.7 Å². The van der Waals surface area contributed by atoms with Crippen LogP contribution in [0, 0.1) is 23.7 Å². The Kier molecular flexibility index (Phi) is 4.28. The molecule has 1 saturated heterocycles. The van der Waals surface area contributed by atoms with Crippen LogP contribution in [-0.2, 0) is 20.8 Å². The zero-order chi connectivity index (χ0) is 20.1. The summed E-state index contributed by atoms with van der Waals surface area (Å²) in [5, 5.41) is 3.16. The summed E-state index contributed by atoms with van der Waals surface area (Å²) in [7, 11) is 0. The second-order valence-electron chi connectivity index (χ2n) is 7.89. The van der Waals surface area contributed by atoms with E-state index in [4.69, 9.17) is 11.6 Å². The second kappa shape index (κ2) is 6.85. The van der Waals surface area contributed by atoms with Crippen LogP contribution in [0.4, 0.5) is 11.4 Å². The highest BCUT2D eigenvalue weighted by molar-refractivity contribution is 6.34. The van der Waals surface area contributed by atoms with Crippen LogP contribution in [0.2, 0.25) is 5.02 Å². The Morgan fingerprint density at radius 2 is 1.66 bits per heavy atom. The van der Waals surface area contributed by atoms with Gasteiger partial charge in [0.1, 0.15) is 0 Å². The minimum absolute atomic E-state index is 0.152. The molecule has 0 aromatic heterocycles. The lowest BCUT2D eigenvalue weighted by atomic mass is 9.85. The van der Waals surface area contributed by atoms with E-state index in [2.05, 4.69) is 17.5 Å². The number of nitrogens with zero attached hydrogens (tertiary/aromatic N) is 1. The van der Waals surface area contributed by atoms with Crippen LogP contribution in [0.5, 0.6) is 0 Å². The van der Waals surface area contributed by atoms with Gasteiger partial charge in [-0.25, -0.2) is 4.90 Å². The molecule has 3 aliphatic rings. The lowest BCUT2D eigenvalue weighted by Gasteiger charge is -2.19. The van der Waals surface area contributed by atoms with Gasteiger partial charge in [0.15, 0.2) is 0 Å². The Morgan fingerprint density at radius 1 is 1.00 bits per heavy atom. The molecule has 1 saturated carbocycles. The van der Waals surface area contributed by atoms with Crippen molar-refractivity contribution < 1.29 is 14.4 Å². The molecule has 3 amide bonds. The number of imide groups is 1. The summed E-state index contributed by atoms with van der Waals surface area (Å²) in [6.45, 7) is 0. The Labute approximate surface area is 173 Å². The fourth-order valence-electron chi connectivity index (χ4n) is 4.88. The van der Waals surface area contributed by atoms with Gasteiger partial charge in [-0.1, -0.05) is 54.1 Å². The summed E-state index contributed by atoms with van der Waals surface area (Å²) in [4.78, 5) is 39.7. The Hall–Kier alpha value is -2.92. The van der Waals surface area contributed by atoms with Gasteiger partial charge in [-0.3, -0.25) is 14.4 Å². The van der Waals surface area contributed by atoms with Gasteiger partial charge in [0, 0.05) is 0 Å². The fraction of sp³-hybridized carbons (Fsp3) is 0.261. The molecule has 29 heavy (non-hydrogen) atoms. The predicted molar refractivity (Wildman–Crippen MR) is 110 cm³/mol. The maximum absolute atomic E-state index is 13.0. The average Bonchev–Trinajstić information content (AvgIpc) is 3.38. The number of amides is 3. The van der Waals surface area contributed by atoms with Crippen molar-refractivity contribution in [3.05, 3.63) is 71.3 Å². The number of nitrogens with one attached hydrogen (secondary N) is 1. The average molecular weight is 407 g/mol. The van der Waals surface area contributed by atoms with Crippen LogP contribution in [-0.4, -0.2) is 17.7 Å². The van der Waals surface area contributed by atoms with E-state index in [1.165, 1.54) is 4.90 Å². The van der Waals surface area contributed by atoms with Gasteiger partial charge < -0.3 is 5.32 Å². The number of carbonyl (C=O) groups excluding carboxylic acids is 3. The Morgan fingerprint density at radius 3 is 2.31 bits per heavy atom. The van der Waals surface area contributed by atoms with E-state index >= 15 is 0 Å². The highest BCUT2D eigenvalue weighted by Crippen LogP contribution is 2.53. The van der Waals surface area contributed by atoms with Crippen LogP contribution in [0.1, 0.15) is 12.0 Å². The number of carbonyl (C=O) groups is 3. The summed E-state index contributed by atoms with van der Waals surface area (Å²) in [6, 6.07) is 14.3. The lowest BCUT2D eigenvalue weighted by Crippen LogP contribution is -2.32. The third-order valence-electron chi connectivity index (χ3n) is 6.16. The molecule has 5 rings (SSSR count). The molecule has 0 spiro atoms. The van der Waals surface area contributed by atoms with E-state index < -0.39 is 0 Å². The van der Waals surface area contributed by atoms with Crippen LogP contribution >= 0.6 is 11.6 Å². The Balaban J connectivity index is 1.38. The Bertz CT molecular complexity index is 1020. The van der Waals surface area contributed by atoms with E-state index in [-0.39, 0.29) is 47.8 Å². The van der Waals surface area contributed by atoms with Gasteiger partial charge >= 0.3 is 0 Å². The van der Waals surface area contributed by atoms with Crippen LogP contribution in [0.15, 0.2) is 60.7 Å². The van der Waals surface area contributed by atoms with E-state index in [1.807, 2.05) is 30.3 Å². The molecule has 1 N–H and O–H groups in total. The molecule has 2 aromatic rings. The highest BCUT2D eigenvalue weighted by Gasteiger charge is 2.59. The van der Waals surface area contributed by atoms with Crippen molar-refractivity contribution in [3.63, 3.8) is 0 Å². The van der Waals surface area contributed by atoms with Crippen molar-refractivity contribution in [1.29, 1.82) is 0 Å². The molecular formula is C23H19ClN2O3. The molecule has 146 valence electrons. The first-order chi connectivity index (χ1) is 14.0. The summed E-state index contributed by atoms with van der Waals surface area (Å²) in [6.07, 6.45) is 5.24. The topological polar surface area (TPSA) is 66.5 Å². The van der Waals surface area contributed by atoms with E-state index in [9.17, 15) is 14.4 Å². The molecule has 0 unspecified atom stereocenters. The normalized spacial score (nSPS) is 26.9. The molecule has 2 aromatic carbocycles. The number of hydrogen-bond donors (Lipinski definition) is 1. The predicted octanol–water partition coefficient (Wildman–Crippen LogP) is 3.83. The van der Waals surface area contributed by atoms with Crippen molar-refractivity contribution in [1.82, 2.24) is 0 Å². The summed E-state index contributed by atoms with van der Waals surface area (Å²) >= 11 is 6.26. The van der Waals surface area contributed by atoms with Crippen LogP contribution in [0.25, 0.3) is 0 Å². The molecule has 5 nitrogen and oxygen atoms in total. The highest BCUT2D eigenvalue weighted by atomic mass is 35.5. The standard InChI is InChI=1S/C23H19ClN2O3/c24-17-9-8-16(12-18(17)25-19(27)10-13-4-2-1-3-5-13)26-22(28)20-14-6-7-15(11-14)21(20)23(26)29/h1-9,12,14-15,20-21H,10-11H2,(H,25,27)/t14-,15-,20+,21+/m0/s1. The number of anilines is 2. The van der Waals surface area contributed by atoms with E-state index in [0.29, 0.717) is 16.4 Å². The molecule has 4 atom stereocenters. The van der Waals surface area contributed by atoms with Crippen molar-refractivity contribution in [2.45, 2.75) is 12.8 Å². The number of fused-ring (bicyclic) bond motifs is 5. The molecule has 1 aliphatic heterocycles. The van der Waals surface area contributed by atoms with E-state index in [0.717, 1.165) is 12.0 Å². The molecule has 6 heteroatoms. The SMILES string of the molecule is O=C(Cc1ccccc1)Nc1cc(N2C(=O)[C@H]3[C@H](C2=O)[C@H]2C=C[C@H]3C2)ccc1Cl.